The second-order valence-electron chi connectivity index (χ2n) is 22.9. The van der Waals surface area contributed by atoms with Crippen LogP contribution in [0.1, 0.15) is 127 Å². The lowest BCUT2D eigenvalue weighted by Gasteiger charge is -2.37. The van der Waals surface area contributed by atoms with Crippen molar-refractivity contribution in [3.63, 3.8) is 0 Å². The number of urea groups is 1. The normalized spacial score (nSPS) is 19.5. The van der Waals surface area contributed by atoms with Gasteiger partial charge in [-0.3, -0.25) is 28.8 Å². The van der Waals surface area contributed by atoms with Crippen molar-refractivity contribution in [1.29, 1.82) is 0 Å². The van der Waals surface area contributed by atoms with Crippen LogP contribution in [0.5, 0.6) is 0 Å². The number of carbonyl (C=O) groups excluding carboxylic acids is 6. The van der Waals surface area contributed by atoms with Gasteiger partial charge in [-0.25, -0.2) is 9.59 Å². The van der Waals surface area contributed by atoms with Crippen LogP contribution < -0.4 is 58.5 Å². The fourth-order valence-corrected chi connectivity index (χ4v) is 10.4. The van der Waals surface area contributed by atoms with E-state index < -0.39 is 54.0 Å². The molecule has 22 nitrogen and oxygen atoms in total. The molecule has 14 N–H and O–H groups in total. The lowest BCUT2D eigenvalue weighted by molar-refractivity contribution is -0.140. The zero-order chi connectivity index (χ0) is 60.1. The minimum absolute atomic E-state index is 0.0396. The third-order valence-electron chi connectivity index (χ3n) is 15.2. The Kier molecular flexibility index (Phi) is 32.7. The highest BCUT2D eigenvalue weighted by Crippen LogP contribution is 2.19. The predicted octanol–water partition coefficient (Wildman–Crippen LogP) is 3.16. The number of aliphatic carboxylic acids is 2. The molecule has 3 saturated heterocycles. The number of rotatable bonds is 35. The number of hydrogen-bond donors (Lipinski definition) is 14. The molecule has 2 aromatic rings. The summed E-state index contributed by atoms with van der Waals surface area (Å²) in [6.07, 6.45) is 7.21. The Morgan fingerprint density at radius 3 is 1.57 bits per heavy atom. The van der Waals surface area contributed by atoms with E-state index in [1.165, 1.54) is 0 Å². The van der Waals surface area contributed by atoms with Crippen molar-refractivity contribution < 1.29 is 53.7 Å². The van der Waals surface area contributed by atoms with Crippen LogP contribution in [0.25, 0.3) is 0 Å². The second kappa shape index (κ2) is 39.3. The van der Waals surface area contributed by atoms with Gasteiger partial charge in [-0.2, -0.15) is 0 Å². The summed E-state index contributed by atoms with van der Waals surface area (Å²) in [6.45, 7) is 15.1. The minimum atomic E-state index is -1.41. The molecule has 83 heavy (non-hydrogen) atoms. The fourth-order valence-electron chi connectivity index (χ4n) is 10.4. The molecule has 0 saturated carbocycles. The molecule has 0 aliphatic carbocycles. The Labute approximate surface area is 490 Å². The first-order valence-corrected chi connectivity index (χ1v) is 30.1. The number of aliphatic hydroxyl groups is 1. The molecule has 3 fully saturated rings. The van der Waals surface area contributed by atoms with E-state index in [-0.39, 0.29) is 79.0 Å². The topological polar surface area (TPSA) is 330 Å². The van der Waals surface area contributed by atoms with Gasteiger partial charge >= 0.3 is 18.0 Å². The van der Waals surface area contributed by atoms with Gasteiger partial charge in [0.1, 0.15) is 17.6 Å². The van der Waals surface area contributed by atoms with E-state index in [1.54, 1.807) is 0 Å². The molecule has 5 amide bonds. The van der Waals surface area contributed by atoms with Crippen molar-refractivity contribution >= 4 is 47.3 Å². The number of carboxylic acids is 2. The van der Waals surface area contributed by atoms with Crippen LogP contribution >= 0.6 is 0 Å². The summed E-state index contributed by atoms with van der Waals surface area (Å²) in [5.74, 6) is -4.41. The molecular weight excluding hydrogens is 1060 g/mol. The number of carbonyl (C=O) groups is 8. The first kappa shape index (κ1) is 69.2. The fraction of sp³-hybridized carbons (Fsp3) is 0.639. The van der Waals surface area contributed by atoms with Gasteiger partial charge in [0.25, 0.3) is 0 Å². The van der Waals surface area contributed by atoms with E-state index in [0.29, 0.717) is 71.1 Å². The molecule has 4 atom stereocenters. The third kappa shape index (κ3) is 29.7. The maximum absolute atomic E-state index is 14.3. The zero-order valence-corrected chi connectivity index (χ0v) is 49.0. The number of ketones is 2. The summed E-state index contributed by atoms with van der Waals surface area (Å²) in [7, 11) is 0. The molecule has 0 aromatic heterocycles. The number of unbranched alkanes of at least 4 members (excludes halogenated alkanes) is 6. The first-order valence-electron chi connectivity index (χ1n) is 30.1. The van der Waals surface area contributed by atoms with E-state index in [4.69, 9.17) is 5.11 Å². The highest BCUT2D eigenvalue weighted by atomic mass is 16.4. The molecule has 3 aliphatic rings. The molecule has 3 heterocycles. The molecule has 3 aliphatic heterocycles. The first-order chi connectivity index (χ1) is 39.9. The summed E-state index contributed by atoms with van der Waals surface area (Å²) in [6, 6.07) is 15.0. The van der Waals surface area contributed by atoms with Gasteiger partial charge in [0.2, 0.25) is 17.7 Å². The van der Waals surface area contributed by atoms with E-state index >= 15 is 0 Å². The number of Topliss-reactive ketones (excluding diaryl/α,β-unsaturated/α-hetero) is 2. The standard InChI is InChI=1S/C61H97N11O11/c1-45(73)50(70-59(83)71-51(58(81)82)27-28-56(78)79)24-15-8-14-23-49(74)22-13-4-3-5-16-29-68-57(80)48(36-46-18-9-6-10-19-46)38-53(75)52(37-47-20-11-7-12-21-47)69-54(76)25-17-26-55(77)72-61-42-65-33-30-62-39-60(2,40-63-31-34-66-43-61)41-64-32-35-67-44-61/h6-7,9-12,18-21,48,50-52,62-67,73H,1,3-5,8,13-17,22-44H2,2H3,(H,68,80)(H,69,76)(H,72,77)(H,78,79)(H,81,82)(H2,70,71,83)/t48-,50?,51?,52+,60?,61?/m0/s1. The maximum atomic E-state index is 14.3. The van der Waals surface area contributed by atoms with Crippen LogP contribution in [-0.2, 0) is 46.4 Å². The van der Waals surface area contributed by atoms with Crippen LogP contribution in [0, 0.1) is 11.3 Å². The lowest BCUT2D eigenvalue weighted by atomic mass is 9.89. The van der Waals surface area contributed by atoms with Gasteiger partial charge < -0.3 is 73.8 Å². The smallest absolute Gasteiger partial charge is 0.326 e. The van der Waals surface area contributed by atoms with Crippen LogP contribution in [0.3, 0.4) is 0 Å². The van der Waals surface area contributed by atoms with Crippen molar-refractivity contribution in [2.24, 2.45) is 11.3 Å². The number of nitrogens with one attached hydrogen (secondary N) is 11. The largest absolute Gasteiger partial charge is 0.511 e. The third-order valence-corrected chi connectivity index (χ3v) is 15.2. The Balaban J connectivity index is 1.21. The monoisotopic (exact) mass is 1160 g/mol. The number of aliphatic hydroxyl groups excluding tert-OH is 1. The van der Waals surface area contributed by atoms with E-state index in [2.05, 4.69) is 72.0 Å². The Morgan fingerprint density at radius 1 is 0.530 bits per heavy atom. The maximum Gasteiger partial charge on any atom is 0.326 e. The number of hydrogen-bond acceptors (Lipinski definition) is 15. The van der Waals surface area contributed by atoms with Crippen molar-refractivity contribution in [2.75, 3.05) is 85.1 Å². The number of fused-ring (bicyclic) bond motifs is 15. The summed E-state index contributed by atoms with van der Waals surface area (Å²) < 4.78 is 0. The average Bonchev–Trinajstić information content (AvgIpc) is 3.54. The van der Waals surface area contributed by atoms with Gasteiger partial charge in [0.15, 0.2) is 5.78 Å². The van der Waals surface area contributed by atoms with Crippen molar-refractivity contribution in [3.05, 3.63) is 84.1 Å². The minimum Gasteiger partial charge on any atom is -0.511 e. The molecule has 2 unspecified atom stereocenters. The Morgan fingerprint density at radius 2 is 1.02 bits per heavy atom. The van der Waals surface area contributed by atoms with E-state index in [1.807, 2.05) is 60.7 Å². The number of benzene rings is 2. The summed E-state index contributed by atoms with van der Waals surface area (Å²) in [5.41, 5.74) is 1.21. The SMILES string of the molecule is C=C(O)C(CCCCCC(=O)CCCCCCCNC(=O)[C@H](CC(=O)[C@@H](Cc1ccccc1)NC(=O)CCCC(=O)NC12CNCCNCC(C)(CNCCNC1)CNCCNC2)Cc1ccccc1)NC(=O)NC(CCC(=O)O)C(=O)O. The quantitative estimate of drug-likeness (QED) is 0.0348. The molecule has 22 heteroatoms. The predicted molar refractivity (Wildman–Crippen MR) is 320 cm³/mol. The average molecular weight is 1160 g/mol. The number of amides is 5. The van der Waals surface area contributed by atoms with Gasteiger partial charge in [-0.15, -0.1) is 0 Å². The molecule has 0 radical (unpaired) electrons. The molecule has 2 bridgehead atoms. The highest BCUT2D eigenvalue weighted by molar-refractivity contribution is 5.93. The zero-order valence-electron chi connectivity index (χ0n) is 49.0. The van der Waals surface area contributed by atoms with Crippen LogP contribution in [0.2, 0.25) is 0 Å². The molecular formula is C61H97N11O11. The molecule has 462 valence electrons. The Hall–Kier alpha value is -6.30. The summed E-state index contributed by atoms with van der Waals surface area (Å²) >= 11 is 0. The molecule has 0 spiro atoms. The highest BCUT2D eigenvalue weighted by Gasteiger charge is 2.33. The van der Waals surface area contributed by atoms with Gasteiger partial charge in [0.05, 0.1) is 17.6 Å². The van der Waals surface area contributed by atoms with E-state index in [9.17, 15) is 48.6 Å². The van der Waals surface area contributed by atoms with Gasteiger partial charge in [-0.1, -0.05) is 106 Å². The number of carboxylic acid groups (broad SMARTS) is 2. The Bertz CT molecular complexity index is 2270. The summed E-state index contributed by atoms with van der Waals surface area (Å²) in [4.78, 5) is 103. The lowest BCUT2D eigenvalue weighted by Crippen LogP contribution is -2.66. The molecule has 2 aromatic carbocycles. The van der Waals surface area contributed by atoms with Gasteiger partial charge in [-0.05, 0) is 62.5 Å². The van der Waals surface area contributed by atoms with Crippen LogP contribution in [0.15, 0.2) is 73.0 Å². The van der Waals surface area contributed by atoms with Crippen molar-refractivity contribution in [3.8, 4) is 0 Å². The van der Waals surface area contributed by atoms with E-state index in [0.717, 1.165) is 102 Å². The van der Waals surface area contributed by atoms with Crippen LogP contribution in [0.4, 0.5) is 4.79 Å². The second-order valence-corrected chi connectivity index (χ2v) is 22.9. The van der Waals surface area contributed by atoms with Crippen LogP contribution in [-0.4, -0.2) is 171 Å². The van der Waals surface area contributed by atoms with Gasteiger partial charge in [0, 0.05) is 135 Å². The van der Waals surface area contributed by atoms with Crippen molar-refractivity contribution in [1.82, 2.24) is 58.5 Å². The van der Waals surface area contributed by atoms with Crippen molar-refractivity contribution in [2.45, 2.75) is 153 Å². The molecule has 5 rings (SSSR count). The summed E-state index contributed by atoms with van der Waals surface area (Å²) in [5, 5.41) is 63.7.